The highest BCUT2D eigenvalue weighted by atomic mass is 19.1. The molecule has 0 aromatic heterocycles. The molecular weight excluding hydrogens is 384 g/mol. The summed E-state index contributed by atoms with van der Waals surface area (Å²) in [5.41, 5.74) is 4.58. The highest BCUT2D eigenvalue weighted by Gasteiger charge is 2.32. The number of piperazine rings is 1. The van der Waals surface area contributed by atoms with Gasteiger partial charge in [0.05, 0.1) is 11.4 Å². The van der Waals surface area contributed by atoms with Crippen molar-refractivity contribution in [3.8, 4) is 0 Å². The van der Waals surface area contributed by atoms with E-state index < -0.39 is 11.6 Å². The number of rotatable bonds is 1. The summed E-state index contributed by atoms with van der Waals surface area (Å²) >= 11 is 0. The maximum atomic E-state index is 13.6. The van der Waals surface area contributed by atoms with Crippen molar-refractivity contribution < 1.29 is 13.6 Å². The SMILES string of the molecule is O=C(N1CCN(c2cc(F)cc(F)c2)CC1)N1c2ccccc2Cc2ccccc21. The maximum absolute atomic E-state index is 13.6. The van der Waals surface area contributed by atoms with Gasteiger partial charge in [-0.1, -0.05) is 36.4 Å². The second-order valence-corrected chi connectivity index (χ2v) is 7.65. The second kappa shape index (κ2) is 7.44. The standard InChI is InChI=1S/C24H21F2N3O/c25-19-14-20(26)16-21(15-19)27-9-11-28(12-10-27)24(30)29-22-7-3-1-5-17(22)13-18-6-2-4-8-23(18)29/h1-8,14-16H,9-13H2. The molecule has 0 N–H and O–H groups in total. The number of hydrogen-bond donors (Lipinski definition) is 0. The molecule has 1 fully saturated rings. The number of hydrogen-bond acceptors (Lipinski definition) is 2. The molecule has 2 heterocycles. The number of benzene rings is 3. The normalized spacial score (nSPS) is 15.6. The molecule has 0 unspecified atom stereocenters. The zero-order valence-corrected chi connectivity index (χ0v) is 16.4. The minimum absolute atomic E-state index is 0.0697. The summed E-state index contributed by atoms with van der Waals surface area (Å²) < 4.78 is 27.1. The fourth-order valence-electron chi connectivity index (χ4n) is 4.32. The summed E-state index contributed by atoms with van der Waals surface area (Å²) in [5.74, 6) is -1.19. The van der Waals surface area contributed by atoms with Gasteiger partial charge >= 0.3 is 6.03 Å². The van der Waals surface area contributed by atoms with Gasteiger partial charge in [-0.25, -0.2) is 13.6 Å². The molecule has 2 amide bonds. The minimum atomic E-state index is -0.593. The molecule has 0 bridgehead atoms. The number of halogens is 2. The van der Waals surface area contributed by atoms with Crippen LogP contribution in [0, 0.1) is 11.6 Å². The molecule has 6 heteroatoms. The van der Waals surface area contributed by atoms with Gasteiger partial charge < -0.3 is 9.80 Å². The van der Waals surface area contributed by atoms with Crippen LogP contribution in [-0.4, -0.2) is 37.1 Å². The largest absolute Gasteiger partial charge is 0.368 e. The molecule has 152 valence electrons. The second-order valence-electron chi connectivity index (χ2n) is 7.65. The molecule has 0 aliphatic carbocycles. The predicted molar refractivity (Wildman–Crippen MR) is 113 cm³/mol. The van der Waals surface area contributed by atoms with E-state index in [0.29, 0.717) is 31.9 Å². The van der Waals surface area contributed by atoms with Crippen molar-refractivity contribution in [2.24, 2.45) is 0 Å². The summed E-state index contributed by atoms with van der Waals surface area (Å²) in [6, 6.07) is 19.4. The lowest BCUT2D eigenvalue weighted by atomic mass is 9.96. The third kappa shape index (κ3) is 3.28. The van der Waals surface area contributed by atoms with Crippen LogP contribution in [0.3, 0.4) is 0 Å². The number of nitrogens with zero attached hydrogens (tertiary/aromatic N) is 3. The lowest BCUT2D eigenvalue weighted by molar-refractivity contribution is 0.203. The number of anilines is 3. The van der Waals surface area contributed by atoms with E-state index in [0.717, 1.165) is 35.0 Å². The average Bonchev–Trinajstić information content (AvgIpc) is 2.76. The third-order valence-electron chi connectivity index (χ3n) is 5.80. The summed E-state index contributed by atoms with van der Waals surface area (Å²) in [6.45, 7) is 2.01. The highest BCUT2D eigenvalue weighted by molar-refractivity contribution is 6.02. The van der Waals surface area contributed by atoms with Crippen molar-refractivity contribution in [2.45, 2.75) is 6.42 Å². The molecular formula is C24H21F2N3O. The topological polar surface area (TPSA) is 26.8 Å². The first-order valence-electron chi connectivity index (χ1n) is 10.1. The Morgan fingerprint density at radius 2 is 1.27 bits per heavy atom. The van der Waals surface area contributed by atoms with Gasteiger partial charge in [-0.2, -0.15) is 0 Å². The van der Waals surface area contributed by atoms with Gasteiger partial charge in [-0.15, -0.1) is 0 Å². The first-order chi connectivity index (χ1) is 14.6. The van der Waals surface area contributed by atoms with Crippen LogP contribution in [0.1, 0.15) is 11.1 Å². The van der Waals surface area contributed by atoms with E-state index in [2.05, 4.69) is 12.1 Å². The van der Waals surface area contributed by atoms with Crippen molar-refractivity contribution in [1.29, 1.82) is 0 Å². The van der Waals surface area contributed by atoms with E-state index in [1.165, 1.54) is 12.1 Å². The average molecular weight is 405 g/mol. The van der Waals surface area contributed by atoms with Gasteiger partial charge in [-0.3, -0.25) is 4.90 Å². The van der Waals surface area contributed by atoms with Gasteiger partial charge in [0.15, 0.2) is 0 Å². The van der Waals surface area contributed by atoms with Crippen LogP contribution < -0.4 is 9.80 Å². The van der Waals surface area contributed by atoms with Crippen molar-refractivity contribution in [3.63, 3.8) is 0 Å². The van der Waals surface area contributed by atoms with Gasteiger partial charge in [-0.05, 0) is 35.4 Å². The van der Waals surface area contributed by atoms with Crippen LogP contribution >= 0.6 is 0 Å². The summed E-state index contributed by atoms with van der Waals surface area (Å²) in [6.07, 6.45) is 0.801. The van der Waals surface area contributed by atoms with Gasteiger partial charge in [0.2, 0.25) is 0 Å². The van der Waals surface area contributed by atoms with Crippen LogP contribution in [0.5, 0.6) is 0 Å². The Morgan fingerprint density at radius 1 is 0.733 bits per heavy atom. The van der Waals surface area contributed by atoms with E-state index in [1.54, 1.807) is 4.90 Å². The first kappa shape index (κ1) is 18.6. The van der Waals surface area contributed by atoms with Crippen LogP contribution in [0.25, 0.3) is 0 Å². The molecule has 5 rings (SSSR count). The monoisotopic (exact) mass is 405 g/mol. The molecule has 0 radical (unpaired) electrons. The van der Waals surface area contributed by atoms with Gasteiger partial charge in [0.25, 0.3) is 0 Å². The molecule has 2 aliphatic rings. The molecule has 0 atom stereocenters. The molecule has 2 aliphatic heterocycles. The Morgan fingerprint density at radius 3 is 1.83 bits per heavy atom. The Labute approximate surface area is 173 Å². The molecule has 4 nitrogen and oxygen atoms in total. The van der Waals surface area contributed by atoms with E-state index in [4.69, 9.17) is 0 Å². The third-order valence-corrected chi connectivity index (χ3v) is 5.80. The highest BCUT2D eigenvalue weighted by Crippen LogP contribution is 2.39. The number of amides is 2. The van der Waals surface area contributed by atoms with Crippen LogP contribution in [-0.2, 0) is 6.42 Å². The zero-order chi connectivity index (χ0) is 20.7. The lowest BCUT2D eigenvalue weighted by Gasteiger charge is -2.40. The number of carbonyl (C=O) groups is 1. The number of urea groups is 1. The molecule has 0 saturated carbocycles. The van der Waals surface area contributed by atoms with E-state index in [9.17, 15) is 13.6 Å². The quantitative estimate of drug-likeness (QED) is 0.573. The number of para-hydroxylation sites is 2. The van der Waals surface area contributed by atoms with Crippen molar-refractivity contribution in [2.75, 3.05) is 36.0 Å². The first-order valence-corrected chi connectivity index (χ1v) is 10.1. The van der Waals surface area contributed by atoms with E-state index in [1.807, 2.05) is 46.2 Å². The Bertz CT molecular complexity index is 1040. The van der Waals surface area contributed by atoms with Gasteiger partial charge in [0, 0.05) is 44.4 Å². The van der Waals surface area contributed by atoms with Gasteiger partial charge in [0.1, 0.15) is 11.6 Å². The molecule has 3 aromatic rings. The summed E-state index contributed by atoms with van der Waals surface area (Å²) in [5, 5.41) is 0. The smallest absolute Gasteiger partial charge is 0.329 e. The number of carbonyl (C=O) groups excluding carboxylic acids is 1. The van der Waals surface area contributed by atoms with Crippen LogP contribution in [0.2, 0.25) is 0 Å². The zero-order valence-electron chi connectivity index (χ0n) is 16.4. The molecule has 30 heavy (non-hydrogen) atoms. The van der Waals surface area contributed by atoms with E-state index >= 15 is 0 Å². The molecule has 1 saturated heterocycles. The number of fused-ring (bicyclic) bond motifs is 2. The lowest BCUT2D eigenvalue weighted by Crippen LogP contribution is -2.52. The maximum Gasteiger partial charge on any atom is 0.329 e. The van der Waals surface area contributed by atoms with Crippen LogP contribution in [0.15, 0.2) is 66.7 Å². The van der Waals surface area contributed by atoms with E-state index in [-0.39, 0.29) is 6.03 Å². The summed E-state index contributed by atoms with van der Waals surface area (Å²) in [7, 11) is 0. The van der Waals surface area contributed by atoms with Crippen molar-refractivity contribution >= 4 is 23.1 Å². The predicted octanol–water partition coefficient (Wildman–Crippen LogP) is 4.95. The molecule has 0 spiro atoms. The summed E-state index contributed by atoms with van der Waals surface area (Å²) in [4.78, 5) is 19.1. The Kier molecular flexibility index (Phi) is 4.62. The van der Waals surface area contributed by atoms with Crippen molar-refractivity contribution in [3.05, 3.63) is 89.5 Å². The Hall–Kier alpha value is -3.41. The fraction of sp³-hybridized carbons (Fsp3) is 0.208. The molecule has 3 aromatic carbocycles. The van der Waals surface area contributed by atoms with Crippen molar-refractivity contribution in [1.82, 2.24) is 4.90 Å². The van der Waals surface area contributed by atoms with Crippen LogP contribution in [0.4, 0.5) is 30.6 Å². The fourth-order valence-corrected chi connectivity index (χ4v) is 4.32. The Balaban J connectivity index is 1.39. The minimum Gasteiger partial charge on any atom is -0.368 e.